The fourth-order valence-electron chi connectivity index (χ4n) is 1.81. The summed E-state index contributed by atoms with van der Waals surface area (Å²) in [6, 6.07) is 0.839. The molecule has 0 unspecified atom stereocenters. The largest absolute Gasteiger partial charge is 0.314 e. The van der Waals surface area contributed by atoms with E-state index < -0.39 is 0 Å². The molecule has 0 bridgehead atoms. The lowest BCUT2D eigenvalue weighted by Crippen LogP contribution is -2.33. The van der Waals surface area contributed by atoms with Gasteiger partial charge in [0.15, 0.2) is 0 Å². The quantitative estimate of drug-likeness (QED) is 0.660. The van der Waals surface area contributed by atoms with Crippen LogP contribution in [-0.2, 0) is 0 Å². The van der Waals surface area contributed by atoms with Crippen LogP contribution in [-0.4, -0.2) is 12.6 Å². The van der Waals surface area contributed by atoms with E-state index >= 15 is 0 Å². The molecule has 1 rings (SSSR count). The van der Waals surface area contributed by atoms with E-state index in [1.165, 1.54) is 38.6 Å². The smallest absolute Gasteiger partial charge is 0.00672 e. The lowest BCUT2D eigenvalue weighted by molar-refractivity contribution is 0.308. The SMILES string of the molecule is CCCNC1CCC(C)CC1. The molecule has 1 N–H and O–H groups in total. The Morgan fingerprint density at radius 3 is 2.36 bits per heavy atom. The highest BCUT2D eigenvalue weighted by Crippen LogP contribution is 2.23. The zero-order valence-corrected chi connectivity index (χ0v) is 7.90. The Bertz CT molecular complexity index is 90.3. The molecule has 1 fully saturated rings. The first kappa shape index (κ1) is 9.05. The molecule has 0 amide bonds. The van der Waals surface area contributed by atoms with Gasteiger partial charge in [0, 0.05) is 6.04 Å². The van der Waals surface area contributed by atoms with Gasteiger partial charge in [0.05, 0.1) is 0 Å². The predicted molar refractivity (Wildman–Crippen MR) is 49.7 cm³/mol. The van der Waals surface area contributed by atoms with Crippen LogP contribution in [0, 0.1) is 5.92 Å². The van der Waals surface area contributed by atoms with Gasteiger partial charge in [-0.2, -0.15) is 0 Å². The van der Waals surface area contributed by atoms with Crippen molar-refractivity contribution >= 4 is 0 Å². The fraction of sp³-hybridized carbons (Fsp3) is 1.00. The van der Waals surface area contributed by atoms with Crippen molar-refractivity contribution in [1.29, 1.82) is 0 Å². The molecule has 0 aliphatic heterocycles. The first-order valence-electron chi connectivity index (χ1n) is 5.06. The van der Waals surface area contributed by atoms with Crippen molar-refractivity contribution in [2.75, 3.05) is 6.54 Å². The molecule has 0 spiro atoms. The van der Waals surface area contributed by atoms with E-state index in [0.29, 0.717) is 0 Å². The molecule has 1 aliphatic carbocycles. The highest BCUT2D eigenvalue weighted by molar-refractivity contribution is 4.74. The van der Waals surface area contributed by atoms with Gasteiger partial charge in [-0.1, -0.05) is 13.8 Å². The number of hydrogen-bond acceptors (Lipinski definition) is 1. The third kappa shape index (κ3) is 3.24. The molecule has 66 valence electrons. The molecule has 0 aromatic rings. The molecular weight excluding hydrogens is 134 g/mol. The van der Waals surface area contributed by atoms with E-state index in [0.717, 1.165) is 12.0 Å². The second-order valence-electron chi connectivity index (χ2n) is 3.91. The number of hydrogen-bond donors (Lipinski definition) is 1. The van der Waals surface area contributed by atoms with Crippen LogP contribution in [0.3, 0.4) is 0 Å². The average molecular weight is 155 g/mol. The second kappa shape index (κ2) is 4.76. The summed E-state index contributed by atoms with van der Waals surface area (Å²) in [7, 11) is 0. The second-order valence-corrected chi connectivity index (χ2v) is 3.91. The Hall–Kier alpha value is -0.0400. The first-order valence-corrected chi connectivity index (χ1v) is 5.06. The van der Waals surface area contributed by atoms with Crippen LogP contribution in [0.15, 0.2) is 0 Å². The van der Waals surface area contributed by atoms with E-state index in [4.69, 9.17) is 0 Å². The van der Waals surface area contributed by atoms with Gasteiger partial charge in [-0.25, -0.2) is 0 Å². The summed E-state index contributed by atoms with van der Waals surface area (Å²) < 4.78 is 0. The van der Waals surface area contributed by atoms with Gasteiger partial charge < -0.3 is 5.32 Å². The standard InChI is InChI=1S/C10H21N/c1-3-8-11-10-6-4-9(2)5-7-10/h9-11H,3-8H2,1-2H3. The van der Waals surface area contributed by atoms with Crippen molar-refractivity contribution in [3.05, 3.63) is 0 Å². The molecule has 0 aromatic heterocycles. The van der Waals surface area contributed by atoms with Crippen LogP contribution < -0.4 is 5.32 Å². The minimum atomic E-state index is 0.839. The normalized spacial score (nSPS) is 32.2. The van der Waals surface area contributed by atoms with E-state index in [1.807, 2.05) is 0 Å². The van der Waals surface area contributed by atoms with Crippen LogP contribution in [0.4, 0.5) is 0 Å². The molecule has 1 saturated carbocycles. The van der Waals surface area contributed by atoms with Gasteiger partial charge in [0.2, 0.25) is 0 Å². The Labute approximate surface area is 70.6 Å². The Morgan fingerprint density at radius 1 is 1.18 bits per heavy atom. The molecule has 1 aliphatic rings. The van der Waals surface area contributed by atoms with Gasteiger partial charge in [-0.05, 0) is 44.6 Å². The molecule has 0 radical (unpaired) electrons. The maximum absolute atomic E-state index is 3.59. The lowest BCUT2D eigenvalue weighted by atomic mass is 9.87. The van der Waals surface area contributed by atoms with Crippen LogP contribution in [0.1, 0.15) is 46.0 Å². The Kier molecular flexibility index (Phi) is 3.92. The number of nitrogens with one attached hydrogen (secondary N) is 1. The third-order valence-corrected chi connectivity index (χ3v) is 2.70. The zero-order chi connectivity index (χ0) is 8.10. The summed E-state index contributed by atoms with van der Waals surface area (Å²) in [5, 5.41) is 3.59. The van der Waals surface area contributed by atoms with Gasteiger partial charge in [0.1, 0.15) is 0 Å². The van der Waals surface area contributed by atoms with Gasteiger partial charge in [0.25, 0.3) is 0 Å². The molecule has 0 saturated heterocycles. The fourth-order valence-corrected chi connectivity index (χ4v) is 1.81. The molecule has 1 nitrogen and oxygen atoms in total. The topological polar surface area (TPSA) is 12.0 Å². The van der Waals surface area contributed by atoms with Crippen molar-refractivity contribution in [2.24, 2.45) is 5.92 Å². The third-order valence-electron chi connectivity index (χ3n) is 2.70. The molecule has 0 atom stereocenters. The summed E-state index contributed by atoms with van der Waals surface area (Å²) in [6.45, 7) is 5.81. The summed E-state index contributed by atoms with van der Waals surface area (Å²) >= 11 is 0. The van der Waals surface area contributed by atoms with Crippen molar-refractivity contribution in [3.8, 4) is 0 Å². The monoisotopic (exact) mass is 155 g/mol. The highest BCUT2D eigenvalue weighted by Gasteiger charge is 2.16. The first-order chi connectivity index (χ1) is 5.33. The van der Waals surface area contributed by atoms with Crippen molar-refractivity contribution < 1.29 is 0 Å². The van der Waals surface area contributed by atoms with E-state index in [1.54, 1.807) is 0 Å². The van der Waals surface area contributed by atoms with Crippen molar-refractivity contribution in [1.82, 2.24) is 5.32 Å². The summed E-state index contributed by atoms with van der Waals surface area (Å²) in [6.07, 6.45) is 6.94. The van der Waals surface area contributed by atoms with Crippen LogP contribution in [0.25, 0.3) is 0 Å². The van der Waals surface area contributed by atoms with E-state index in [2.05, 4.69) is 19.2 Å². The Morgan fingerprint density at radius 2 is 1.82 bits per heavy atom. The van der Waals surface area contributed by atoms with E-state index in [-0.39, 0.29) is 0 Å². The molecule has 11 heavy (non-hydrogen) atoms. The average Bonchev–Trinajstić information content (AvgIpc) is 2.04. The molecule has 1 heteroatoms. The predicted octanol–water partition coefficient (Wildman–Crippen LogP) is 2.56. The molecular formula is C10H21N. The minimum absolute atomic E-state index is 0.839. The highest BCUT2D eigenvalue weighted by atomic mass is 14.9. The minimum Gasteiger partial charge on any atom is -0.314 e. The van der Waals surface area contributed by atoms with Gasteiger partial charge in [-0.3, -0.25) is 0 Å². The summed E-state index contributed by atoms with van der Waals surface area (Å²) in [5.41, 5.74) is 0. The Balaban J connectivity index is 2.07. The van der Waals surface area contributed by atoms with E-state index in [9.17, 15) is 0 Å². The van der Waals surface area contributed by atoms with Crippen molar-refractivity contribution in [2.45, 2.75) is 52.0 Å². The van der Waals surface area contributed by atoms with Crippen molar-refractivity contribution in [3.63, 3.8) is 0 Å². The van der Waals surface area contributed by atoms with Crippen LogP contribution in [0.2, 0.25) is 0 Å². The summed E-state index contributed by atoms with van der Waals surface area (Å²) in [4.78, 5) is 0. The maximum Gasteiger partial charge on any atom is 0.00672 e. The van der Waals surface area contributed by atoms with Crippen LogP contribution in [0.5, 0.6) is 0 Å². The zero-order valence-electron chi connectivity index (χ0n) is 7.90. The number of rotatable bonds is 3. The van der Waals surface area contributed by atoms with Gasteiger partial charge >= 0.3 is 0 Å². The van der Waals surface area contributed by atoms with Crippen LogP contribution >= 0.6 is 0 Å². The van der Waals surface area contributed by atoms with Gasteiger partial charge in [-0.15, -0.1) is 0 Å². The lowest BCUT2D eigenvalue weighted by Gasteiger charge is -2.26. The molecule has 0 heterocycles. The summed E-state index contributed by atoms with van der Waals surface area (Å²) in [5.74, 6) is 0.981. The maximum atomic E-state index is 3.59. The molecule has 0 aromatic carbocycles.